The number of nitrogens with zero attached hydrogens (tertiary/aromatic N) is 1. The van der Waals surface area contributed by atoms with Gasteiger partial charge in [-0.1, -0.05) is 42.5 Å². The fraction of sp³-hybridized carbons (Fsp3) is 0.400. The molecule has 0 spiro atoms. The zero-order valence-corrected chi connectivity index (χ0v) is 14.1. The van der Waals surface area contributed by atoms with Crippen LogP contribution in [0.3, 0.4) is 0 Å². The van der Waals surface area contributed by atoms with E-state index < -0.39 is 0 Å². The zero-order chi connectivity index (χ0) is 16.6. The van der Waals surface area contributed by atoms with Crippen molar-refractivity contribution in [1.29, 1.82) is 0 Å². The molecule has 24 heavy (non-hydrogen) atoms. The van der Waals surface area contributed by atoms with Crippen LogP contribution in [0.15, 0.2) is 54.6 Å². The molecule has 128 valence electrons. The van der Waals surface area contributed by atoms with Gasteiger partial charge < -0.3 is 15.7 Å². The summed E-state index contributed by atoms with van der Waals surface area (Å²) < 4.78 is 0. The first-order valence-electron chi connectivity index (χ1n) is 8.80. The Kier molecular flexibility index (Phi) is 6.24. The molecule has 2 aromatic rings. The first kappa shape index (κ1) is 17.0. The second-order valence-electron chi connectivity index (χ2n) is 6.28. The Balaban J connectivity index is 1.63. The van der Waals surface area contributed by atoms with E-state index in [1.807, 2.05) is 6.07 Å². The molecule has 3 N–H and O–H groups in total. The van der Waals surface area contributed by atoms with Crippen LogP contribution in [0.5, 0.6) is 0 Å². The van der Waals surface area contributed by atoms with Crippen LogP contribution in [0, 0.1) is 0 Å². The van der Waals surface area contributed by atoms with Crippen molar-refractivity contribution < 1.29 is 5.11 Å². The van der Waals surface area contributed by atoms with E-state index in [9.17, 15) is 5.11 Å². The number of hydrogen-bond acceptors (Lipinski definition) is 4. The molecule has 0 unspecified atom stereocenters. The first-order chi connectivity index (χ1) is 11.9. The highest BCUT2D eigenvalue weighted by molar-refractivity contribution is 5.45. The van der Waals surface area contributed by atoms with Gasteiger partial charge in [0, 0.05) is 51.1 Å². The number of anilines is 1. The Morgan fingerprint density at radius 3 is 2.38 bits per heavy atom. The van der Waals surface area contributed by atoms with E-state index in [1.165, 1.54) is 11.1 Å². The molecule has 1 fully saturated rings. The highest BCUT2D eigenvalue weighted by Crippen LogP contribution is 2.26. The number of benzene rings is 2. The van der Waals surface area contributed by atoms with Crippen LogP contribution < -0.4 is 10.6 Å². The van der Waals surface area contributed by atoms with Gasteiger partial charge in [-0.05, 0) is 29.7 Å². The van der Waals surface area contributed by atoms with Crippen molar-refractivity contribution in [3.8, 4) is 0 Å². The molecule has 0 aliphatic carbocycles. The third kappa shape index (κ3) is 4.57. The second kappa shape index (κ2) is 8.83. The van der Waals surface area contributed by atoms with E-state index in [-0.39, 0.29) is 6.61 Å². The molecule has 1 saturated heterocycles. The minimum absolute atomic E-state index is 0.225. The molecular weight excluding hydrogens is 298 g/mol. The number of hydrogen-bond donors (Lipinski definition) is 3. The second-order valence-corrected chi connectivity index (χ2v) is 6.28. The fourth-order valence-electron chi connectivity index (χ4n) is 3.30. The van der Waals surface area contributed by atoms with E-state index in [1.54, 1.807) is 0 Å². The highest BCUT2D eigenvalue weighted by atomic mass is 16.3. The molecule has 4 nitrogen and oxygen atoms in total. The third-order valence-electron chi connectivity index (χ3n) is 4.63. The summed E-state index contributed by atoms with van der Waals surface area (Å²) in [7, 11) is 0. The molecule has 1 atom stereocenters. The summed E-state index contributed by atoms with van der Waals surface area (Å²) in [6.07, 6.45) is 0.788. The van der Waals surface area contributed by atoms with Crippen molar-refractivity contribution in [2.24, 2.45) is 0 Å². The van der Waals surface area contributed by atoms with Gasteiger partial charge in [0.05, 0.1) is 0 Å². The molecule has 1 aliphatic heterocycles. The largest absolute Gasteiger partial charge is 0.396 e. The summed E-state index contributed by atoms with van der Waals surface area (Å²) in [5, 5.41) is 16.3. The van der Waals surface area contributed by atoms with Gasteiger partial charge in [0.1, 0.15) is 0 Å². The van der Waals surface area contributed by atoms with Crippen molar-refractivity contribution >= 4 is 5.69 Å². The molecule has 0 amide bonds. The quantitative estimate of drug-likeness (QED) is 0.732. The predicted molar refractivity (Wildman–Crippen MR) is 99.1 cm³/mol. The predicted octanol–water partition coefficient (Wildman–Crippen LogP) is 2.63. The van der Waals surface area contributed by atoms with Crippen molar-refractivity contribution in [3.63, 3.8) is 0 Å². The van der Waals surface area contributed by atoms with Crippen LogP contribution >= 0.6 is 0 Å². The molecule has 1 aliphatic rings. The summed E-state index contributed by atoms with van der Waals surface area (Å²) in [6, 6.07) is 19.4. The van der Waals surface area contributed by atoms with Gasteiger partial charge in [0.15, 0.2) is 0 Å². The topological polar surface area (TPSA) is 47.5 Å². The van der Waals surface area contributed by atoms with Crippen molar-refractivity contribution in [2.45, 2.75) is 19.0 Å². The normalized spacial score (nSPS) is 16.7. The fourth-order valence-corrected chi connectivity index (χ4v) is 3.30. The lowest BCUT2D eigenvalue weighted by atomic mass is 10.0. The number of nitrogens with one attached hydrogen (secondary N) is 2. The van der Waals surface area contributed by atoms with Gasteiger partial charge in [-0.25, -0.2) is 0 Å². The standard InChI is InChI=1S/C20H27N3O/c24-15-10-20(23-13-11-21-12-14-23)18-6-8-19(9-7-18)22-16-17-4-2-1-3-5-17/h1-9,20-22,24H,10-16H2/t20-/m0/s1. The van der Waals surface area contributed by atoms with Crippen LogP contribution in [0.2, 0.25) is 0 Å². The first-order valence-corrected chi connectivity index (χ1v) is 8.80. The third-order valence-corrected chi connectivity index (χ3v) is 4.63. The van der Waals surface area contributed by atoms with E-state index in [0.717, 1.165) is 44.8 Å². The summed E-state index contributed by atoms with van der Waals surface area (Å²) in [6.45, 7) is 5.19. The maximum atomic E-state index is 9.44. The maximum absolute atomic E-state index is 9.44. The van der Waals surface area contributed by atoms with E-state index in [4.69, 9.17) is 0 Å². The minimum atomic E-state index is 0.225. The highest BCUT2D eigenvalue weighted by Gasteiger charge is 2.21. The SMILES string of the molecule is OCC[C@@H](c1ccc(NCc2ccccc2)cc1)N1CCNCC1. The monoisotopic (exact) mass is 325 g/mol. The van der Waals surface area contributed by atoms with Crippen molar-refractivity contribution in [2.75, 3.05) is 38.1 Å². The molecule has 1 heterocycles. The molecule has 2 aromatic carbocycles. The minimum Gasteiger partial charge on any atom is -0.396 e. The van der Waals surface area contributed by atoms with E-state index in [2.05, 4.69) is 64.1 Å². The summed E-state index contributed by atoms with van der Waals surface area (Å²) in [4.78, 5) is 2.47. The number of aliphatic hydroxyl groups excluding tert-OH is 1. The molecule has 4 heteroatoms. The summed E-state index contributed by atoms with van der Waals surface area (Å²) in [5.41, 5.74) is 3.70. The Labute approximate surface area is 144 Å². The van der Waals surface area contributed by atoms with Gasteiger partial charge in [0.25, 0.3) is 0 Å². The average Bonchev–Trinajstić information content (AvgIpc) is 2.66. The lowest BCUT2D eigenvalue weighted by molar-refractivity contribution is 0.141. The summed E-state index contributed by atoms with van der Waals surface area (Å²) in [5.74, 6) is 0. The van der Waals surface area contributed by atoms with Crippen LogP contribution in [0.1, 0.15) is 23.6 Å². The average molecular weight is 325 g/mol. The Morgan fingerprint density at radius 1 is 1.00 bits per heavy atom. The lowest BCUT2D eigenvalue weighted by Crippen LogP contribution is -2.45. The Bertz CT molecular complexity index is 594. The number of piperazine rings is 1. The maximum Gasteiger partial charge on any atom is 0.0449 e. The van der Waals surface area contributed by atoms with Crippen LogP contribution in [-0.4, -0.2) is 42.8 Å². The van der Waals surface area contributed by atoms with Crippen LogP contribution in [-0.2, 0) is 6.54 Å². The van der Waals surface area contributed by atoms with Crippen LogP contribution in [0.4, 0.5) is 5.69 Å². The van der Waals surface area contributed by atoms with Crippen molar-refractivity contribution in [1.82, 2.24) is 10.2 Å². The van der Waals surface area contributed by atoms with Crippen LogP contribution in [0.25, 0.3) is 0 Å². The van der Waals surface area contributed by atoms with Gasteiger partial charge in [-0.2, -0.15) is 0 Å². The number of aliphatic hydroxyl groups is 1. The van der Waals surface area contributed by atoms with Crippen molar-refractivity contribution in [3.05, 3.63) is 65.7 Å². The molecule has 0 radical (unpaired) electrons. The molecule has 3 rings (SSSR count). The van der Waals surface area contributed by atoms with Gasteiger partial charge in [-0.15, -0.1) is 0 Å². The van der Waals surface area contributed by atoms with E-state index >= 15 is 0 Å². The van der Waals surface area contributed by atoms with E-state index in [0.29, 0.717) is 6.04 Å². The lowest BCUT2D eigenvalue weighted by Gasteiger charge is -2.35. The van der Waals surface area contributed by atoms with Gasteiger partial charge in [-0.3, -0.25) is 4.90 Å². The number of rotatable bonds is 7. The van der Waals surface area contributed by atoms with Gasteiger partial charge in [0.2, 0.25) is 0 Å². The zero-order valence-electron chi connectivity index (χ0n) is 14.1. The Morgan fingerprint density at radius 2 is 1.71 bits per heavy atom. The molecule has 0 bridgehead atoms. The summed E-state index contributed by atoms with van der Waals surface area (Å²) >= 11 is 0. The Hall–Kier alpha value is -1.88. The molecular formula is C20H27N3O. The molecule has 0 aromatic heterocycles. The molecule has 0 saturated carbocycles. The smallest absolute Gasteiger partial charge is 0.0449 e. The van der Waals surface area contributed by atoms with Gasteiger partial charge >= 0.3 is 0 Å².